The summed E-state index contributed by atoms with van der Waals surface area (Å²) in [5.74, 6) is 0.445. The number of carbonyl (C=O) groups excluding carboxylic acids is 1. The molecule has 0 aliphatic rings. The zero-order valence-electron chi connectivity index (χ0n) is 7.86. The molecule has 1 aromatic rings. The Morgan fingerprint density at radius 1 is 1.46 bits per heavy atom. The smallest absolute Gasteiger partial charge is 0.163 e. The second-order valence-corrected chi connectivity index (χ2v) is 3.21. The van der Waals surface area contributed by atoms with E-state index in [0.717, 1.165) is 5.56 Å². The Morgan fingerprint density at radius 2 is 2.08 bits per heavy atom. The van der Waals surface area contributed by atoms with Gasteiger partial charge in [-0.05, 0) is 5.92 Å². The first kappa shape index (κ1) is 9.72. The van der Waals surface area contributed by atoms with E-state index in [1.165, 1.54) is 0 Å². The summed E-state index contributed by atoms with van der Waals surface area (Å²) in [6.45, 7) is 5.65. The van der Waals surface area contributed by atoms with Gasteiger partial charge in [0, 0.05) is 12.0 Å². The van der Waals surface area contributed by atoms with Gasteiger partial charge in [-0.2, -0.15) is 0 Å². The fourth-order valence-corrected chi connectivity index (χ4v) is 1.12. The molecule has 0 spiro atoms. The van der Waals surface area contributed by atoms with Crippen molar-refractivity contribution in [2.75, 3.05) is 0 Å². The van der Waals surface area contributed by atoms with E-state index >= 15 is 0 Å². The minimum Gasteiger partial charge on any atom is -0.294 e. The fourth-order valence-electron chi connectivity index (χ4n) is 1.12. The maximum Gasteiger partial charge on any atom is 0.163 e. The lowest BCUT2D eigenvalue weighted by atomic mass is 10.0. The molecule has 0 saturated heterocycles. The number of hydrogen-bond donors (Lipinski definition) is 0. The van der Waals surface area contributed by atoms with E-state index in [1.54, 1.807) is 6.08 Å². The van der Waals surface area contributed by atoms with E-state index in [1.807, 2.05) is 37.3 Å². The molecule has 1 rings (SSSR count). The first-order valence-electron chi connectivity index (χ1n) is 4.45. The number of carbonyl (C=O) groups is 1. The molecule has 68 valence electrons. The van der Waals surface area contributed by atoms with Crippen LogP contribution in [0.1, 0.15) is 23.7 Å². The highest BCUT2D eigenvalue weighted by Crippen LogP contribution is 2.09. The summed E-state index contributed by atoms with van der Waals surface area (Å²) < 4.78 is 0. The Kier molecular flexibility index (Phi) is 3.44. The highest BCUT2D eigenvalue weighted by Gasteiger charge is 2.07. The summed E-state index contributed by atoms with van der Waals surface area (Å²) in [6.07, 6.45) is 2.36. The van der Waals surface area contributed by atoms with Crippen LogP contribution in [-0.2, 0) is 0 Å². The lowest BCUT2D eigenvalue weighted by Gasteiger charge is -2.03. The predicted octanol–water partition coefficient (Wildman–Crippen LogP) is 3.08. The van der Waals surface area contributed by atoms with Crippen molar-refractivity contribution in [3.63, 3.8) is 0 Å². The van der Waals surface area contributed by atoms with Gasteiger partial charge in [-0.3, -0.25) is 4.79 Å². The van der Waals surface area contributed by atoms with Gasteiger partial charge >= 0.3 is 0 Å². The van der Waals surface area contributed by atoms with Gasteiger partial charge in [0.15, 0.2) is 5.78 Å². The molecule has 0 N–H and O–H groups in total. The first-order chi connectivity index (χ1) is 6.24. The zero-order valence-corrected chi connectivity index (χ0v) is 7.86. The van der Waals surface area contributed by atoms with Crippen molar-refractivity contribution in [1.29, 1.82) is 0 Å². The van der Waals surface area contributed by atoms with Crippen LogP contribution in [0.25, 0.3) is 0 Å². The molecule has 0 amide bonds. The van der Waals surface area contributed by atoms with Crippen molar-refractivity contribution in [1.82, 2.24) is 0 Å². The van der Waals surface area contributed by atoms with E-state index in [-0.39, 0.29) is 11.7 Å². The van der Waals surface area contributed by atoms with E-state index in [4.69, 9.17) is 0 Å². The normalized spacial score (nSPS) is 12.1. The molecule has 0 bridgehead atoms. The van der Waals surface area contributed by atoms with Crippen LogP contribution in [0.4, 0.5) is 0 Å². The van der Waals surface area contributed by atoms with Crippen LogP contribution in [0.2, 0.25) is 0 Å². The molecule has 1 nitrogen and oxygen atoms in total. The molecule has 0 heterocycles. The predicted molar refractivity (Wildman–Crippen MR) is 54.8 cm³/mol. The van der Waals surface area contributed by atoms with Gasteiger partial charge in [-0.25, -0.2) is 0 Å². The topological polar surface area (TPSA) is 17.1 Å². The van der Waals surface area contributed by atoms with Crippen LogP contribution >= 0.6 is 0 Å². The molecule has 0 aliphatic carbocycles. The molecule has 0 saturated carbocycles. The summed E-state index contributed by atoms with van der Waals surface area (Å²) >= 11 is 0. The lowest BCUT2D eigenvalue weighted by Crippen LogP contribution is -2.03. The molecule has 1 atom stereocenters. The maximum atomic E-state index is 11.6. The number of rotatable bonds is 4. The van der Waals surface area contributed by atoms with E-state index in [9.17, 15) is 4.79 Å². The van der Waals surface area contributed by atoms with Crippen molar-refractivity contribution in [3.05, 3.63) is 48.6 Å². The Morgan fingerprint density at radius 3 is 2.62 bits per heavy atom. The average molecular weight is 174 g/mol. The van der Waals surface area contributed by atoms with Crippen molar-refractivity contribution in [2.24, 2.45) is 5.92 Å². The second-order valence-electron chi connectivity index (χ2n) is 3.21. The third kappa shape index (κ3) is 2.86. The van der Waals surface area contributed by atoms with E-state index < -0.39 is 0 Å². The van der Waals surface area contributed by atoms with Crippen molar-refractivity contribution in [2.45, 2.75) is 13.3 Å². The average Bonchev–Trinajstić information content (AvgIpc) is 2.19. The van der Waals surface area contributed by atoms with Crippen molar-refractivity contribution in [3.8, 4) is 0 Å². The molecule has 1 heteroatoms. The SMILES string of the molecule is C=C[C@@H](C)CC(=O)c1ccccc1. The van der Waals surface area contributed by atoms with Gasteiger partial charge in [0.25, 0.3) is 0 Å². The summed E-state index contributed by atoms with van der Waals surface area (Å²) in [4.78, 5) is 11.6. The zero-order chi connectivity index (χ0) is 9.68. The molecular weight excluding hydrogens is 160 g/mol. The quantitative estimate of drug-likeness (QED) is 0.506. The second kappa shape index (κ2) is 4.61. The maximum absolute atomic E-state index is 11.6. The largest absolute Gasteiger partial charge is 0.294 e. The Hall–Kier alpha value is -1.37. The van der Waals surface area contributed by atoms with Crippen LogP contribution in [-0.4, -0.2) is 5.78 Å². The molecule has 0 radical (unpaired) electrons. The van der Waals surface area contributed by atoms with Gasteiger partial charge in [0.05, 0.1) is 0 Å². The van der Waals surface area contributed by atoms with Gasteiger partial charge in [-0.15, -0.1) is 6.58 Å². The number of ketones is 1. The fraction of sp³-hybridized carbons (Fsp3) is 0.250. The van der Waals surface area contributed by atoms with Crippen molar-refractivity contribution >= 4 is 5.78 Å². The highest BCUT2D eigenvalue weighted by molar-refractivity contribution is 5.96. The third-order valence-electron chi connectivity index (χ3n) is 2.01. The molecule has 1 aromatic carbocycles. The minimum atomic E-state index is 0.188. The van der Waals surface area contributed by atoms with E-state index in [2.05, 4.69) is 6.58 Å². The molecule has 13 heavy (non-hydrogen) atoms. The Balaban J connectivity index is 2.64. The van der Waals surface area contributed by atoms with Gasteiger partial charge < -0.3 is 0 Å². The standard InChI is InChI=1S/C12H14O/c1-3-10(2)9-12(13)11-7-5-4-6-8-11/h3-8,10H,1,9H2,2H3/t10-/m1/s1. The summed E-state index contributed by atoms with van der Waals surface area (Å²) in [7, 11) is 0. The monoisotopic (exact) mass is 174 g/mol. The molecule has 0 aromatic heterocycles. The minimum absolute atomic E-state index is 0.188. The molecular formula is C12H14O. The molecule has 0 fully saturated rings. The van der Waals surface area contributed by atoms with E-state index in [0.29, 0.717) is 6.42 Å². The summed E-state index contributed by atoms with van der Waals surface area (Å²) in [5, 5.41) is 0. The highest BCUT2D eigenvalue weighted by atomic mass is 16.1. The first-order valence-corrected chi connectivity index (χ1v) is 4.45. The van der Waals surface area contributed by atoms with Crippen LogP contribution in [0.5, 0.6) is 0 Å². The number of allylic oxidation sites excluding steroid dienone is 1. The third-order valence-corrected chi connectivity index (χ3v) is 2.01. The molecule has 0 aliphatic heterocycles. The van der Waals surface area contributed by atoms with Crippen molar-refractivity contribution < 1.29 is 4.79 Å². The van der Waals surface area contributed by atoms with Crippen LogP contribution in [0.3, 0.4) is 0 Å². The van der Waals surface area contributed by atoms with Gasteiger partial charge in [0.1, 0.15) is 0 Å². The molecule has 0 unspecified atom stereocenters. The van der Waals surface area contributed by atoms with Crippen LogP contribution in [0, 0.1) is 5.92 Å². The number of hydrogen-bond acceptors (Lipinski definition) is 1. The Labute approximate surface area is 79.1 Å². The van der Waals surface area contributed by atoms with Crippen LogP contribution in [0.15, 0.2) is 43.0 Å². The van der Waals surface area contributed by atoms with Gasteiger partial charge in [0.2, 0.25) is 0 Å². The van der Waals surface area contributed by atoms with Crippen LogP contribution < -0.4 is 0 Å². The Bertz CT molecular complexity index is 287. The lowest BCUT2D eigenvalue weighted by molar-refractivity contribution is 0.0972. The number of Topliss-reactive ketones (excluding diaryl/α,β-unsaturated/α-hetero) is 1. The van der Waals surface area contributed by atoms with Gasteiger partial charge in [-0.1, -0.05) is 43.3 Å². The number of benzene rings is 1. The summed E-state index contributed by atoms with van der Waals surface area (Å²) in [5.41, 5.74) is 0.788. The summed E-state index contributed by atoms with van der Waals surface area (Å²) in [6, 6.07) is 9.36.